The minimum atomic E-state index is -5.99. The zero-order valence-corrected chi connectivity index (χ0v) is 18.8. The molecule has 0 saturated heterocycles. The maximum absolute atomic E-state index is 14.1. The number of aryl methyl sites for hydroxylation is 1. The van der Waals surface area contributed by atoms with Crippen molar-refractivity contribution in [1.29, 1.82) is 0 Å². The third-order valence-electron chi connectivity index (χ3n) is 5.13. The molecule has 0 aliphatic heterocycles. The minimum Gasteiger partial charge on any atom is -0.421 e. The fraction of sp³-hybridized carbons (Fsp3) is 0.600. The molecule has 1 N–H and O–H groups in total. The van der Waals surface area contributed by atoms with E-state index in [1.165, 1.54) is 12.1 Å². The molecule has 1 aromatic carbocycles. The first-order valence-corrected chi connectivity index (χ1v) is 11.6. The molecule has 1 atom stereocenters. The van der Waals surface area contributed by atoms with Gasteiger partial charge in [0.15, 0.2) is 0 Å². The van der Waals surface area contributed by atoms with Crippen LogP contribution in [0.5, 0.6) is 5.75 Å². The van der Waals surface area contributed by atoms with Crippen LogP contribution >= 0.6 is 0 Å². The lowest BCUT2D eigenvalue weighted by Crippen LogP contribution is -2.60. The maximum atomic E-state index is 14.1. The first kappa shape index (κ1) is 27.9. The molecule has 14 heteroatoms. The van der Waals surface area contributed by atoms with E-state index in [9.17, 15) is 40.0 Å². The summed E-state index contributed by atoms with van der Waals surface area (Å²) in [6.45, 7) is -0.0939. The Balaban J connectivity index is 2.38. The highest BCUT2D eigenvalue weighted by Gasteiger charge is 2.68. The number of hydrogen-bond donors (Lipinski definition) is 1. The molecule has 1 aliphatic carbocycles. The summed E-state index contributed by atoms with van der Waals surface area (Å²) in [5.41, 5.74) is 0.675. The lowest BCUT2D eigenvalue weighted by Gasteiger charge is -2.34. The zero-order chi connectivity index (χ0) is 25.8. The van der Waals surface area contributed by atoms with Crippen molar-refractivity contribution >= 4 is 22.1 Å². The molecule has 0 radical (unpaired) electrons. The highest BCUT2D eigenvalue weighted by molar-refractivity contribution is 7.86. The Kier molecular flexibility index (Phi) is 8.64. The van der Waals surface area contributed by atoms with Crippen molar-refractivity contribution in [2.45, 2.75) is 62.7 Å². The predicted molar refractivity (Wildman–Crippen MR) is 105 cm³/mol. The smallest absolute Gasteiger partial charge is 0.421 e. The zero-order valence-electron chi connectivity index (χ0n) is 17.9. The third kappa shape index (κ3) is 6.63. The molecule has 1 saturated carbocycles. The van der Waals surface area contributed by atoms with Gasteiger partial charge in [0, 0.05) is 0 Å². The largest absolute Gasteiger partial charge is 0.468 e. The van der Waals surface area contributed by atoms with E-state index in [1.54, 1.807) is 6.92 Å². The Morgan fingerprint density at radius 1 is 1.03 bits per heavy atom. The average molecular weight is 518 g/mol. The van der Waals surface area contributed by atoms with E-state index < -0.39 is 58.2 Å². The molecular weight excluding hydrogens is 495 g/mol. The molecule has 192 valence electrons. The number of ether oxygens (including phenoxy) is 3. The van der Waals surface area contributed by atoms with E-state index in [0.29, 0.717) is 18.4 Å². The maximum Gasteiger partial charge on any atom is 0.468 e. The average Bonchev–Trinajstić information content (AvgIpc) is 2.73. The second kappa shape index (κ2) is 10.5. The van der Waals surface area contributed by atoms with E-state index in [0.717, 1.165) is 18.6 Å². The van der Waals surface area contributed by atoms with Crippen LogP contribution < -0.4 is 4.74 Å². The summed E-state index contributed by atoms with van der Waals surface area (Å²) in [4.78, 5) is 25.1. The fourth-order valence-corrected chi connectivity index (χ4v) is 3.51. The molecule has 0 aromatic heterocycles. The van der Waals surface area contributed by atoms with Gasteiger partial charge in [0.2, 0.25) is 0 Å². The first-order valence-electron chi connectivity index (χ1n) is 10.2. The van der Waals surface area contributed by atoms with Crippen molar-refractivity contribution in [3.05, 3.63) is 29.8 Å². The lowest BCUT2D eigenvalue weighted by molar-refractivity contribution is -0.355. The number of halogens is 5. The number of alkyl halides is 5. The Hall–Kier alpha value is -2.32. The van der Waals surface area contributed by atoms with E-state index in [1.807, 2.05) is 0 Å². The second-order valence-corrected chi connectivity index (χ2v) is 9.33. The summed E-state index contributed by atoms with van der Waals surface area (Å²) < 4.78 is 113. The Labute approximate surface area is 192 Å². The quantitative estimate of drug-likeness (QED) is 0.170. The van der Waals surface area contributed by atoms with E-state index >= 15 is 0 Å². The predicted octanol–water partition coefficient (Wildman–Crippen LogP) is 4.17. The number of rotatable bonds is 9. The van der Waals surface area contributed by atoms with Crippen LogP contribution in [0.4, 0.5) is 22.0 Å². The molecule has 1 aromatic rings. The summed E-state index contributed by atoms with van der Waals surface area (Å²) in [6.07, 6.45) is -5.62. The van der Waals surface area contributed by atoms with Crippen LogP contribution in [0.3, 0.4) is 0 Å². The van der Waals surface area contributed by atoms with Gasteiger partial charge in [-0.1, -0.05) is 37.0 Å². The second-order valence-electron chi connectivity index (χ2n) is 7.78. The van der Waals surface area contributed by atoms with Crippen LogP contribution in [-0.2, 0) is 29.2 Å². The van der Waals surface area contributed by atoms with Crippen LogP contribution in [0, 0.1) is 12.8 Å². The Bertz CT molecular complexity index is 972. The Morgan fingerprint density at radius 2 is 1.59 bits per heavy atom. The molecule has 0 spiro atoms. The topological polar surface area (TPSA) is 116 Å². The summed E-state index contributed by atoms with van der Waals surface area (Å²) in [6, 6.07) is 5.09. The normalized spacial score (nSPS) is 17.6. The Morgan fingerprint density at radius 3 is 2.09 bits per heavy atom. The van der Waals surface area contributed by atoms with Gasteiger partial charge in [-0.05, 0) is 31.9 Å². The van der Waals surface area contributed by atoms with Crippen LogP contribution in [0.2, 0.25) is 0 Å². The van der Waals surface area contributed by atoms with Gasteiger partial charge in [-0.2, -0.15) is 30.4 Å². The molecule has 1 fully saturated rings. The minimum absolute atomic E-state index is 0.181. The standard InChI is InChI=1S/C20H23F5O8S/c1-13-7-9-15(10-8-13)32-17(27)19(20(23,24)25,31-12-11-18(21,22)34(28,29)30)33-16(26)14-5-3-2-4-6-14/h7-10,14H,2-6,11-12H2,1H3,(H,28,29,30). The molecule has 1 aliphatic rings. The number of benzene rings is 1. The number of carbonyl (C=O) groups excluding carboxylic acids is 2. The molecule has 8 nitrogen and oxygen atoms in total. The summed E-state index contributed by atoms with van der Waals surface area (Å²) >= 11 is 0. The van der Waals surface area contributed by atoms with Crippen molar-refractivity contribution in [2.24, 2.45) is 5.92 Å². The lowest BCUT2D eigenvalue weighted by atomic mass is 9.89. The van der Waals surface area contributed by atoms with Gasteiger partial charge in [0.25, 0.3) is 0 Å². The van der Waals surface area contributed by atoms with Crippen LogP contribution in [0.1, 0.15) is 44.1 Å². The molecule has 2 rings (SSSR count). The molecule has 0 amide bonds. The van der Waals surface area contributed by atoms with Crippen molar-refractivity contribution in [2.75, 3.05) is 6.61 Å². The summed E-state index contributed by atoms with van der Waals surface area (Å²) in [5, 5.41) is -4.89. The molecule has 0 bridgehead atoms. The van der Waals surface area contributed by atoms with Gasteiger partial charge in [0.05, 0.1) is 18.9 Å². The summed E-state index contributed by atoms with van der Waals surface area (Å²) in [5.74, 6) is -9.56. The van der Waals surface area contributed by atoms with Crippen molar-refractivity contribution in [3.63, 3.8) is 0 Å². The van der Waals surface area contributed by atoms with Crippen LogP contribution in [-0.4, -0.2) is 48.7 Å². The van der Waals surface area contributed by atoms with Crippen molar-refractivity contribution in [3.8, 4) is 5.75 Å². The summed E-state index contributed by atoms with van der Waals surface area (Å²) in [7, 11) is -5.99. The highest BCUT2D eigenvalue weighted by Crippen LogP contribution is 2.39. The number of carbonyl (C=O) groups is 2. The van der Waals surface area contributed by atoms with Gasteiger partial charge in [-0.15, -0.1) is 0 Å². The SMILES string of the molecule is Cc1ccc(OC(=O)C(OCCC(F)(F)S(=O)(=O)O)(OC(=O)C2CCCCC2)C(F)(F)F)cc1. The fourth-order valence-electron chi connectivity index (χ4n) is 3.17. The van der Waals surface area contributed by atoms with E-state index in [-0.39, 0.29) is 18.6 Å². The van der Waals surface area contributed by atoms with Gasteiger partial charge in [-0.3, -0.25) is 9.35 Å². The van der Waals surface area contributed by atoms with Crippen molar-refractivity contribution in [1.82, 2.24) is 0 Å². The van der Waals surface area contributed by atoms with E-state index in [2.05, 4.69) is 14.2 Å². The third-order valence-corrected chi connectivity index (χ3v) is 6.09. The van der Waals surface area contributed by atoms with Gasteiger partial charge in [0.1, 0.15) is 5.75 Å². The first-order chi connectivity index (χ1) is 15.6. The van der Waals surface area contributed by atoms with Crippen LogP contribution in [0.15, 0.2) is 24.3 Å². The van der Waals surface area contributed by atoms with E-state index in [4.69, 9.17) is 4.55 Å². The molecule has 1 unspecified atom stereocenters. The molecular formula is C20H23F5O8S. The molecule has 0 heterocycles. The van der Waals surface area contributed by atoms with Gasteiger partial charge < -0.3 is 14.2 Å². The number of esters is 2. The van der Waals surface area contributed by atoms with Gasteiger partial charge >= 0.3 is 39.3 Å². The monoisotopic (exact) mass is 518 g/mol. The van der Waals surface area contributed by atoms with Crippen LogP contribution in [0.25, 0.3) is 0 Å². The van der Waals surface area contributed by atoms with Gasteiger partial charge in [-0.25, -0.2) is 4.79 Å². The highest BCUT2D eigenvalue weighted by atomic mass is 32.2. The number of hydrogen-bond acceptors (Lipinski definition) is 7. The van der Waals surface area contributed by atoms with Crippen molar-refractivity contribution < 1.29 is 58.7 Å². The molecule has 34 heavy (non-hydrogen) atoms.